The van der Waals surface area contributed by atoms with E-state index in [1.54, 1.807) is 0 Å². The van der Waals surface area contributed by atoms with Crippen LogP contribution in [0, 0.1) is 0 Å². The lowest BCUT2D eigenvalue weighted by atomic mass is 9.89. The van der Waals surface area contributed by atoms with Gasteiger partial charge in [0.25, 0.3) is 0 Å². The quantitative estimate of drug-likeness (QED) is 0.645. The van der Waals surface area contributed by atoms with Gasteiger partial charge in [0.1, 0.15) is 0 Å². The summed E-state index contributed by atoms with van der Waals surface area (Å²) in [7, 11) is 2.00. The Kier molecular flexibility index (Phi) is 10.7. The highest BCUT2D eigenvalue weighted by Crippen LogP contribution is 2.47. The summed E-state index contributed by atoms with van der Waals surface area (Å²) in [6.07, 6.45) is 12.8. The van der Waals surface area contributed by atoms with Gasteiger partial charge in [0.15, 0.2) is 5.60 Å². The first-order valence-corrected chi connectivity index (χ1v) is 7.56. The molecule has 0 aromatic rings. The third kappa shape index (κ3) is 5.77. The Morgan fingerprint density at radius 2 is 1.35 bits per heavy atom. The number of aliphatic carboxylic acids is 1. The van der Waals surface area contributed by atoms with Gasteiger partial charge in [-0.3, -0.25) is 0 Å². The maximum atomic E-state index is 10.6. The fourth-order valence-electron chi connectivity index (χ4n) is 2.80. The molecule has 1 aliphatic heterocycles. The average molecular weight is 290 g/mol. The third-order valence-electron chi connectivity index (χ3n) is 3.94. The lowest BCUT2D eigenvalue weighted by Crippen LogP contribution is -2.29. The van der Waals surface area contributed by atoms with Crippen molar-refractivity contribution >= 4 is 5.97 Å². The van der Waals surface area contributed by atoms with Crippen molar-refractivity contribution in [2.24, 2.45) is 0 Å². The van der Waals surface area contributed by atoms with E-state index in [0.29, 0.717) is 6.42 Å². The number of rotatable bonds is 1. The van der Waals surface area contributed by atoms with E-state index in [4.69, 9.17) is 20.1 Å². The van der Waals surface area contributed by atoms with Crippen molar-refractivity contribution in [1.82, 2.24) is 0 Å². The van der Waals surface area contributed by atoms with Crippen LogP contribution in [0.5, 0.6) is 0 Å². The predicted molar refractivity (Wildman–Crippen MR) is 77.7 cm³/mol. The molecule has 120 valence electrons. The Hall–Kier alpha value is -0.650. The van der Waals surface area contributed by atoms with Crippen molar-refractivity contribution in [3.63, 3.8) is 0 Å². The smallest absolute Gasteiger partial charge is 0.338 e. The molecule has 3 fully saturated rings. The molecule has 2 aliphatic carbocycles. The molecule has 5 heteroatoms. The van der Waals surface area contributed by atoms with Gasteiger partial charge >= 0.3 is 5.97 Å². The van der Waals surface area contributed by atoms with Gasteiger partial charge < -0.3 is 20.1 Å². The van der Waals surface area contributed by atoms with Crippen molar-refractivity contribution < 1.29 is 24.9 Å². The second kappa shape index (κ2) is 11.1. The van der Waals surface area contributed by atoms with Gasteiger partial charge in [-0.25, -0.2) is 4.79 Å². The number of aliphatic hydroxyl groups excluding tert-OH is 2. The van der Waals surface area contributed by atoms with Crippen molar-refractivity contribution in [3.8, 4) is 0 Å². The van der Waals surface area contributed by atoms with Gasteiger partial charge in [-0.05, 0) is 19.3 Å². The zero-order valence-electron chi connectivity index (χ0n) is 12.8. The lowest BCUT2D eigenvalue weighted by Gasteiger charge is -2.11. The summed E-state index contributed by atoms with van der Waals surface area (Å²) in [5.41, 5.74) is -0.738. The first-order chi connectivity index (χ1) is 9.76. The standard InChI is InChI=1S/C7H10O3.C6H12.2CH4O/c8-6(9)7-4-2-1-3-5(7)10-7;1-2-4-6-5-3-1;2*1-2/h5H,1-4H2,(H,8,9);1-6H2;2*2H,1H3. The summed E-state index contributed by atoms with van der Waals surface area (Å²) in [6, 6.07) is 0. The highest BCUT2D eigenvalue weighted by Gasteiger charge is 2.63. The van der Waals surface area contributed by atoms with Crippen LogP contribution in [-0.2, 0) is 9.53 Å². The predicted octanol–water partition coefficient (Wildman–Crippen LogP) is 2.34. The number of hydrogen-bond acceptors (Lipinski definition) is 4. The molecule has 3 aliphatic rings. The van der Waals surface area contributed by atoms with Crippen molar-refractivity contribution in [2.45, 2.75) is 75.9 Å². The van der Waals surface area contributed by atoms with E-state index in [9.17, 15) is 4.79 Å². The Morgan fingerprint density at radius 1 is 0.900 bits per heavy atom. The van der Waals surface area contributed by atoms with Crippen LogP contribution >= 0.6 is 0 Å². The summed E-state index contributed by atoms with van der Waals surface area (Å²) in [4.78, 5) is 10.6. The highest BCUT2D eigenvalue weighted by molar-refractivity contribution is 5.81. The summed E-state index contributed by atoms with van der Waals surface area (Å²) in [5.74, 6) is -0.766. The fraction of sp³-hybridized carbons (Fsp3) is 0.933. The van der Waals surface area contributed by atoms with Crippen LogP contribution in [0.15, 0.2) is 0 Å². The molecular weight excluding hydrogens is 260 g/mol. The van der Waals surface area contributed by atoms with Gasteiger partial charge in [-0.2, -0.15) is 0 Å². The fourth-order valence-corrected chi connectivity index (χ4v) is 2.80. The molecule has 0 amide bonds. The first-order valence-electron chi connectivity index (χ1n) is 7.56. The number of aliphatic hydroxyl groups is 2. The van der Waals surface area contributed by atoms with Gasteiger partial charge in [0.2, 0.25) is 0 Å². The largest absolute Gasteiger partial charge is 0.479 e. The second-order valence-electron chi connectivity index (χ2n) is 5.17. The minimum atomic E-state index is -0.766. The number of fused-ring (bicyclic) bond motifs is 1. The number of carboxylic acids is 1. The topological polar surface area (TPSA) is 90.3 Å². The van der Waals surface area contributed by atoms with E-state index in [2.05, 4.69) is 0 Å². The molecule has 3 N–H and O–H groups in total. The minimum absolute atomic E-state index is 0.0405. The zero-order valence-corrected chi connectivity index (χ0v) is 12.8. The molecule has 20 heavy (non-hydrogen) atoms. The van der Waals surface area contributed by atoms with Crippen LogP contribution in [0.1, 0.15) is 64.2 Å². The van der Waals surface area contributed by atoms with Gasteiger partial charge in [0, 0.05) is 14.2 Å². The molecule has 0 spiro atoms. The Labute approximate surface area is 122 Å². The number of hydrogen-bond donors (Lipinski definition) is 3. The summed E-state index contributed by atoms with van der Waals surface area (Å²) in [5, 5.41) is 22.7. The number of carboxylic acid groups (broad SMARTS) is 1. The molecule has 2 saturated carbocycles. The van der Waals surface area contributed by atoms with E-state index in [1.165, 1.54) is 38.5 Å². The van der Waals surface area contributed by atoms with Gasteiger partial charge in [0.05, 0.1) is 6.10 Å². The molecule has 0 bridgehead atoms. The Balaban J connectivity index is 0.000000312. The van der Waals surface area contributed by atoms with E-state index >= 15 is 0 Å². The normalized spacial score (nSPS) is 29.9. The van der Waals surface area contributed by atoms with Crippen molar-refractivity contribution in [3.05, 3.63) is 0 Å². The number of epoxide rings is 1. The van der Waals surface area contributed by atoms with Gasteiger partial charge in [-0.1, -0.05) is 44.9 Å². The van der Waals surface area contributed by atoms with Crippen LogP contribution in [0.4, 0.5) is 0 Å². The minimum Gasteiger partial charge on any atom is -0.479 e. The van der Waals surface area contributed by atoms with Crippen molar-refractivity contribution in [1.29, 1.82) is 0 Å². The van der Waals surface area contributed by atoms with Crippen LogP contribution < -0.4 is 0 Å². The summed E-state index contributed by atoms with van der Waals surface area (Å²) >= 11 is 0. The Bertz CT molecular complexity index is 241. The van der Waals surface area contributed by atoms with Crippen LogP contribution in [-0.4, -0.2) is 47.2 Å². The van der Waals surface area contributed by atoms with E-state index in [-0.39, 0.29) is 6.10 Å². The molecule has 3 rings (SSSR count). The lowest BCUT2D eigenvalue weighted by molar-refractivity contribution is -0.143. The maximum Gasteiger partial charge on any atom is 0.338 e. The van der Waals surface area contributed by atoms with Crippen LogP contribution in [0.25, 0.3) is 0 Å². The zero-order chi connectivity index (χ0) is 15.4. The average Bonchev–Trinajstić information content (AvgIpc) is 3.30. The summed E-state index contributed by atoms with van der Waals surface area (Å²) in [6.45, 7) is 0. The van der Waals surface area contributed by atoms with Crippen LogP contribution in [0.3, 0.4) is 0 Å². The first kappa shape index (κ1) is 19.4. The highest BCUT2D eigenvalue weighted by atomic mass is 16.6. The second-order valence-corrected chi connectivity index (χ2v) is 5.17. The van der Waals surface area contributed by atoms with E-state index in [0.717, 1.165) is 33.5 Å². The molecule has 0 aromatic carbocycles. The number of ether oxygens (including phenoxy) is 1. The van der Waals surface area contributed by atoms with E-state index in [1.807, 2.05) is 0 Å². The van der Waals surface area contributed by atoms with Crippen molar-refractivity contribution in [2.75, 3.05) is 14.2 Å². The summed E-state index contributed by atoms with van der Waals surface area (Å²) < 4.78 is 5.13. The molecule has 5 nitrogen and oxygen atoms in total. The molecule has 0 aromatic heterocycles. The molecule has 0 radical (unpaired) electrons. The van der Waals surface area contributed by atoms with Crippen LogP contribution in [0.2, 0.25) is 0 Å². The molecule has 1 saturated heterocycles. The molecule has 2 atom stereocenters. The van der Waals surface area contributed by atoms with E-state index < -0.39 is 11.6 Å². The number of carbonyl (C=O) groups is 1. The van der Waals surface area contributed by atoms with Gasteiger partial charge in [-0.15, -0.1) is 0 Å². The Morgan fingerprint density at radius 3 is 1.65 bits per heavy atom. The SMILES string of the molecule is C1CCCCC1.CO.CO.O=C(O)C12CCCCC1O2. The maximum absolute atomic E-state index is 10.6. The molecule has 1 heterocycles. The third-order valence-corrected chi connectivity index (χ3v) is 3.94. The molecular formula is C15H30O5. The monoisotopic (exact) mass is 290 g/mol. The molecule has 2 unspecified atom stereocenters.